The van der Waals surface area contributed by atoms with Crippen LogP contribution in [0.1, 0.15) is 15.9 Å². The molecule has 132 valence electrons. The molecule has 9 heteroatoms. The average molecular weight is 354 g/mol. The van der Waals surface area contributed by atoms with Crippen molar-refractivity contribution in [3.8, 4) is 5.75 Å². The lowest BCUT2D eigenvalue weighted by atomic mass is 10.1. The predicted molar refractivity (Wildman–Crippen MR) is 82.3 cm³/mol. The zero-order valence-corrected chi connectivity index (χ0v) is 12.7. The smallest absolute Gasteiger partial charge is 0.422 e. The molecule has 2 rings (SSSR count). The van der Waals surface area contributed by atoms with Crippen LogP contribution >= 0.6 is 0 Å². The van der Waals surface area contributed by atoms with E-state index in [1.807, 2.05) is 0 Å². The van der Waals surface area contributed by atoms with Crippen molar-refractivity contribution in [1.29, 1.82) is 0 Å². The van der Waals surface area contributed by atoms with E-state index in [2.05, 4.69) is 10.1 Å². The number of hydrogen-bond donors (Lipinski definition) is 1. The van der Waals surface area contributed by atoms with Gasteiger partial charge in [-0.05, 0) is 17.7 Å². The van der Waals surface area contributed by atoms with E-state index in [4.69, 9.17) is 0 Å². The summed E-state index contributed by atoms with van der Waals surface area (Å²) in [6, 6.07) is 11.7. The van der Waals surface area contributed by atoms with E-state index >= 15 is 0 Å². The molecule has 2 aromatic carbocycles. The molecule has 0 heterocycles. The summed E-state index contributed by atoms with van der Waals surface area (Å²) in [4.78, 5) is 22.5. The minimum atomic E-state index is -4.56. The van der Waals surface area contributed by atoms with Crippen molar-refractivity contribution in [3.63, 3.8) is 0 Å². The number of rotatable bonds is 6. The highest BCUT2D eigenvalue weighted by Gasteiger charge is 2.29. The Morgan fingerprint density at radius 1 is 1.16 bits per heavy atom. The van der Waals surface area contributed by atoms with Gasteiger partial charge in [-0.2, -0.15) is 13.2 Å². The summed E-state index contributed by atoms with van der Waals surface area (Å²) in [5.41, 5.74) is -0.131. The van der Waals surface area contributed by atoms with Crippen molar-refractivity contribution < 1.29 is 27.6 Å². The Kier molecular flexibility index (Phi) is 5.58. The largest absolute Gasteiger partial charge is 0.484 e. The molecule has 0 aliphatic rings. The van der Waals surface area contributed by atoms with E-state index in [1.54, 1.807) is 30.3 Å². The van der Waals surface area contributed by atoms with Crippen molar-refractivity contribution in [2.75, 3.05) is 6.61 Å². The first-order valence-electron chi connectivity index (χ1n) is 7.06. The van der Waals surface area contributed by atoms with Gasteiger partial charge in [0.25, 0.3) is 11.6 Å². The third kappa shape index (κ3) is 5.48. The average Bonchev–Trinajstić information content (AvgIpc) is 2.57. The second-order valence-electron chi connectivity index (χ2n) is 5.01. The fourth-order valence-electron chi connectivity index (χ4n) is 1.98. The van der Waals surface area contributed by atoms with Gasteiger partial charge >= 0.3 is 6.18 Å². The summed E-state index contributed by atoms with van der Waals surface area (Å²) in [6.07, 6.45) is -4.56. The van der Waals surface area contributed by atoms with Crippen LogP contribution in [-0.2, 0) is 6.54 Å². The molecule has 1 amide bonds. The molecule has 0 saturated heterocycles. The first kappa shape index (κ1) is 18.2. The zero-order chi connectivity index (χ0) is 18.4. The fourth-order valence-corrected chi connectivity index (χ4v) is 1.98. The molecule has 1 N–H and O–H groups in total. The molecule has 0 aliphatic heterocycles. The summed E-state index contributed by atoms with van der Waals surface area (Å²) in [5, 5.41) is 13.5. The minimum absolute atomic E-state index is 0.116. The van der Waals surface area contributed by atoms with Crippen LogP contribution in [0.2, 0.25) is 0 Å². The quantitative estimate of drug-likeness (QED) is 0.636. The van der Waals surface area contributed by atoms with Crippen molar-refractivity contribution in [2.24, 2.45) is 0 Å². The number of nitrogens with zero attached hydrogens (tertiary/aromatic N) is 1. The number of carbonyl (C=O) groups excluding carboxylic acids is 1. The SMILES string of the molecule is O=C(NCc1ccccc1)c1cc(OCC(F)(F)F)ccc1[N+](=O)[O-]. The number of carbonyl (C=O) groups is 1. The maximum absolute atomic E-state index is 12.2. The van der Waals surface area contributed by atoms with E-state index in [0.29, 0.717) is 0 Å². The molecule has 0 aliphatic carbocycles. The number of amides is 1. The maximum Gasteiger partial charge on any atom is 0.422 e. The van der Waals surface area contributed by atoms with Crippen molar-refractivity contribution in [1.82, 2.24) is 5.32 Å². The zero-order valence-electron chi connectivity index (χ0n) is 12.7. The van der Waals surface area contributed by atoms with Gasteiger partial charge in [0, 0.05) is 12.6 Å². The first-order valence-corrected chi connectivity index (χ1v) is 7.06. The molecule has 0 atom stereocenters. The summed E-state index contributed by atoms with van der Waals surface area (Å²) < 4.78 is 41.1. The molecule has 0 aromatic heterocycles. The molecular weight excluding hydrogens is 341 g/mol. The van der Waals surface area contributed by atoms with E-state index in [1.165, 1.54) is 0 Å². The van der Waals surface area contributed by atoms with Gasteiger partial charge in [0.2, 0.25) is 0 Å². The topological polar surface area (TPSA) is 81.5 Å². The third-order valence-corrected chi connectivity index (χ3v) is 3.11. The van der Waals surface area contributed by atoms with E-state index in [0.717, 1.165) is 23.8 Å². The normalized spacial score (nSPS) is 11.0. The van der Waals surface area contributed by atoms with Crippen molar-refractivity contribution in [3.05, 3.63) is 69.8 Å². The van der Waals surface area contributed by atoms with Crippen molar-refractivity contribution in [2.45, 2.75) is 12.7 Å². The lowest BCUT2D eigenvalue weighted by molar-refractivity contribution is -0.385. The van der Waals surface area contributed by atoms with Gasteiger partial charge in [0.15, 0.2) is 6.61 Å². The number of ether oxygens (including phenoxy) is 1. The van der Waals surface area contributed by atoms with Crippen LogP contribution < -0.4 is 10.1 Å². The lowest BCUT2D eigenvalue weighted by Crippen LogP contribution is -2.24. The van der Waals surface area contributed by atoms with Gasteiger partial charge in [-0.1, -0.05) is 30.3 Å². The standard InChI is InChI=1S/C16H13F3N2O4/c17-16(18,19)10-25-12-6-7-14(21(23)24)13(8-12)15(22)20-9-11-4-2-1-3-5-11/h1-8H,9-10H2,(H,20,22). The van der Waals surface area contributed by atoms with Crippen LogP contribution in [0.25, 0.3) is 0 Å². The third-order valence-electron chi connectivity index (χ3n) is 3.11. The number of hydrogen-bond acceptors (Lipinski definition) is 4. The van der Waals surface area contributed by atoms with Crippen LogP contribution in [0.3, 0.4) is 0 Å². The van der Waals surface area contributed by atoms with Crippen LogP contribution in [0.15, 0.2) is 48.5 Å². The van der Waals surface area contributed by atoms with Crippen LogP contribution in [0, 0.1) is 10.1 Å². The van der Waals surface area contributed by atoms with Gasteiger partial charge < -0.3 is 10.1 Å². The van der Waals surface area contributed by atoms with Gasteiger partial charge in [-0.25, -0.2) is 0 Å². The molecule has 25 heavy (non-hydrogen) atoms. The molecule has 2 aromatic rings. The monoisotopic (exact) mass is 354 g/mol. The van der Waals surface area contributed by atoms with Crippen LogP contribution in [0.5, 0.6) is 5.75 Å². The summed E-state index contributed by atoms with van der Waals surface area (Å²) in [6.45, 7) is -1.44. The Balaban J connectivity index is 2.17. The number of benzene rings is 2. The Morgan fingerprint density at radius 2 is 1.84 bits per heavy atom. The summed E-state index contributed by atoms with van der Waals surface area (Å²) in [5.74, 6) is -1.07. The Hall–Kier alpha value is -3.10. The molecule has 0 fully saturated rings. The highest BCUT2D eigenvalue weighted by Crippen LogP contribution is 2.26. The second-order valence-corrected chi connectivity index (χ2v) is 5.01. The molecule has 0 spiro atoms. The number of nitrogens with one attached hydrogen (secondary N) is 1. The molecular formula is C16H13F3N2O4. The van der Waals surface area contributed by atoms with E-state index < -0.39 is 29.3 Å². The Bertz CT molecular complexity index is 764. The molecule has 0 saturated carbocycles. The molecule has 0 bridgehead atoms. The Labute approximate surface area is 140 Å². The number of halogens is 3. The number of alkyl halides is 3. The minimum Gasteiger partial charge on any atom is -0.484 e. The number of nitro benzene ring substituents is 1. The lowest BCUT2D eigenvalue weighted by Gasteiger charge is -2.11. The summed E-state index contributed by atoms with van der Waals surface area (Å²) in [7, 11) is 0. The van der Waals surface area contributed by atoms with Crippen molar-refractivity contribution >= 4 is 11.6 Å². The highest BCUT2D eigenvalue weighted by molar-refractivity contribution is 5.98. The molecule has 0 unspecified atom stereocenters. The van der Waals surface area contributed by atoms with Gasteiger partial charge in [0.1, 0.15) is 11.3 Å². The second kappa shape index (κ2) is 7.65. The van der Waals surface area contributed by atoms with Crippen LogP contribution in [-0.4, -0.2) is 23.6 Å². The number of nitro groups is 1. The maximum atomic E-state index is 12.2. The first-order chi connectivity index (χ1) is 11.8. The Morgan fingerprint density at radius 3 is 2.44 bits per heavy atom. The molecule has 0 radical (unpaired) electrons. The van der Waals surface area contributed by atoms with Gasteiger partial charge in [-0.15, -0.1) is 0 Å². The van der Waals surface area contributed by atoms with Gasteiger partial charge in [0.05, 0.1) is 4.92 Å². The summed E-state index contributed by atoms with van der Waals surface area (Å²) >= 11 is 0. The van der Waals surface area contributed by atoms with E-state index in [-0.39, 0.29) is 17.9 Å². The van der Waals surface area contributed by atoms with Crippen LogP contribution in [0.4, 0.5) is 18.9 Å². The predicted octanol–water partition coefficient (Wildman–Crippen LogP) is 3.47. The van der Waals surface area contributed by atoms with Gasteiger partial charge in [-0.3, -0.25) is 14.9 Å². The fraction of sp³-hybridized carbons (Fsp3) is 0.188. The molecule has 6 nitrogen and oxygen atoms in total. The van der Waals surface area contributed by atoms with E-state index in [9.17, 15) is 28.1 Å². The highest BCUT2D eigenvalue weighted by atomic mass is 19.4.